The van der Waals surface area contributed by atoms with E-state index in [-0.39, 0.29) is 5.88 Å². The molecule has 0 saturated carbocycles. The van der Waals surface area contributed by atoms with Crippen LogP contribution in [-0.2, 0) is 6.42 Å². The van der Waals surface area contributed by atoms with Crippen molar-refractivity contribution < 1.29 is 4.74 Å². The summed E-state index contributed by atoms with van der Waals surface area (Å²) in [6.45, 7) is 2.05. The zero-order valence-corrected chi connectivity index (χ0v) is 9.42. The number of aryl methyl sites for hydroxylation is 1. The maximum Gasteiger partial charge on any atom is 0.256 e. The van der Waals surface area contributed by atoms with E-state index < -0.39 is 0 Å². The summed E-state index contributed by atoms with van der Waals surface area (Å²) >= 11 is 0. The van der Waals surface area contributed by atoms with Gasteiger partial charge in [0.2, 0.25) is 0 Å². The van der Waals surface area contributed by atoms with Crippen LogP contribution in [0.15, 0.2) is 36.5 Å². The fourth-order valence-electron chi connectivity index (χ4n) is 1.48. The van der Waals surface area contributed by atoms with E-state index in [1.165, 1.54) is 6.20 Å². The van der Waals surface area contributed by atoms with Crippen LogP contribution in [-0.4, -0.2) is 10.2 Å². The van der Waals surface area contributed by atoms with Crippen LogP contribution in [0.4, 0.5) is 0 Å². The van der Waals surface area contributed by atoms with Crippen LogP contribution in [0.3, 0.4) is 0 Å². The standard InChI is InChI=1S/C13H11N3O/c1-2-10-5-3-4-6-12(10)17-13-11(9-14)7-8-15-16-13/h3-8H,2H2,1H3. The van der Waals surface area contributed by atoms with Crippen LogP contribution in [0.5, 0.6) is 11.6 Å². The van der Waals surface area contributed by atoms with Crippen LogP contribution >= 0.6 is 0 Å². The molecule has 0 radical (unpaired) electrons. The monoisotopic (exact) mass is 225 g/mol. The van der Waals surface area contributed by atoms with Gasteiger partial charge in [0.25, 0.3) is 5.88 Å². The number of aromatic nitrogens is 2. The molecule has 0 amide bonds. The molecule has 4 heteroatoms. The summed E-state index contributed by atoms with van der Waals surface area (Å²) in [6, 6.07) is 11.3. The first-order chi connectivity index (χ1) is 8.35. The van der Waals surface area contributed by atoms with E-state index in [2.05, 4.69) is 10.2 Å². The second-order valence-electron chi connectivity index (χ2n) is 3.43. The lowest BCUT2D eigenvalue weighted by Gasteiger charge is -2.08. The number of benzene rings is 1. The maximum absolute atomic E-state index is 8.93. The van der Waals surface area contributed by atoms with Gasteiger partial charge >= 0.3 is 0 Å². The zero-order chi connectivity index (χ0) is 12.1. The highest BCUT2D eigenvalue weighted by molar-refractivity contribution is 5.41. The summed E-state index contributed by atoms with van der Waals surface area (Å²) in [5.41, 5.74) is 1.45. The van der Waals surface area contributed by atoms with Gasteiger partial charge in [-0.25, -0.2) is 0 Å². The first kappa shape index (κ1) is 11.1. The highest BCUT2D eigenvalue weighted by atomic mass is 16.5. The third-order valence-electron chi connectivity index (χ3n) is 2.37. The van der Waals surface area contributed by atoms with E-state index in [4.69, 9.17) is 10.00 Å². The molecule has 84 valence electrons. The second-order valence-corrected chi connectivity index (χ2v) is 3.43. The van der Waals surface area contributed by atoms with Crippen LogP contribution in [0, 0.1) is 11.3 Å². The van der Waals surface area contributed by atoms with Gasteiger partial charge in [0.1, 0.15) is 17.4 Å². The molecule has 0 saturated heterocycles. The topological polar surface area (TPSA) is 58.8 Å². The fourth-order valence-corrected chi connectivity index (χ4v) is 1.48. The van der Waals surface area contributed by atoms with E-state index in [0.717, 1.165) is 12.0 Å². The lowest BCUT2D eigenvalue weighted by atomic mass is 10.1. The lowest BCUT2D eigenvalue weighted by Crippen LogP contribution is -1.96. The molecule has 0 aliphatic rings. The van der Waals surface area contributed by atoms with Crippen molar-refractivity contribution in [3.8, 4) is 17.7 Å². The van der Waals surface area contributed by atoms with Crippen molar-refractivity contribution in [2.24, 2.45) is 0 Å². The zero-order valence-electron chi connectivity index (χ0n) is 9.42. The predicted octanol–water partition coefficient (Wildman–Crippen LogP) is 2.70. The molecule has 0 aliphatic carbocycles. The lowest BCUT2D eigenvalue weighted by molar-refractivity contribution is 0.448. The van der Waals surface area contributed by atoms with Gasteiger partial charge in [-0.3, -0.25) is 0 Å². The summed E-state index contributed by atoms with van der Waals surface area (Å²) in [7, 11) is 0. The quantitative estimate of drug-likeness (QED) is 0.805. The molecular formula is C13H11N3O. The Bertz CT molecular complexity index is 561. The van der Waals surface area contributed by atoms with Gasteiger partial charge in [-0.15, -0.1) is 5.10 Å². The SMILES string of the molecule is CCc1ccccc1Oc1nnccc1C#N. The van der Waals surface area contributed by atoms with Crippen LogP contribution in [0.1, 0.15) is 18.1 Å². The summed E-state index contributed by atoms with van der Waals surface area (Å²) in [6.07, 6.45) is 2.33. The average molecular weight is 225 g/mol. The van der Waals surface area contributed by atoms with Crippen molar-refractivity contribution in [3.63, 3.8) is 0 Å². The predicted molar refractivity (Wildman–Crippen MR) is 62.6 cm³/mol. The van der Waals surface area contributed by atoms with Gasteiger partial charge < -0.3 is 4.74 Å². The van der Waals surface area contributed by atoms with Crippen molar-refractivity contribution in [2.45, 2.75) is 13.3 Å². The maximum atomic E-state index is 8.93. The van der Waals surface area contributed by atoms with E-state index in [1.54, 1.807) is 6.07 Å². The molecule has 1 heterocycles. The molecule has 0 aliphatic heterocycles. The molecule has 0 fully saturated rings. The molecule has 2 rings (SSSR count). The Labute approximate surface area is 99.5 Å². The highest BCUT2D eigenvalue weighted by Gasteiger charge is 2.08. The Morgan fingerprint density at radius 3 is 2.88 bits per heavy atom. The van der Waals surface area contributed by atoms with Gasteiger partial charge in [0.15, 0.2) is 0 Å². The van der Waals surface area contributed by atoms with Gasteiger partial charge in [-0.1, -0.05) is 25.1 Å². The molecule has 0 N–H and O–H groups in total. The number of rotatable bonds is 3. The van der Waals surface area contributed by atoms with Gasteiger partial charge in [-0.05, 0) is 24.1 Å². The Hall–Kier alpha value is -2.41. The number of nitrogens with zero attached hydrogens (tertiary/aromatic N) is 3. The largest absolute Gasteiger partial charge is 0.436 e. The molecule has 2 aromatic rings. The molecule has 4 nitrogen and oxygen atoms in total. The number of para-hydroxylation sites is 1. The van der Waals surface area contributed by atoms with E-state index in [1.807, 2.05) is 37.3 Å². The number of nitriles is 1. The fraction of sp³-hybridized carbons (Fsp3) is 0.154. The second kappa shape index (κ2) is 5.08. The minimum atomic E-state index is 0.246. The molecule has 0 bridgehead atoms. The number of hydrogen-bond acceptors (Lipinski definition) is 4. The number of hydrogen-bond donors (Lipinski definition) is 0. The minimum absolute atomic E-state index is 0.246. The molecular weight excluding hydrogens is 214 g/mol. The number of ether oxygens (including phenoxy) is 1. The Balaban J connectivity index is 2.35. The van der Waals surface area contributed by atoms with Gasteiger partial charge in [-0.2, -0.15) is 10.4 Å². The van der Waals surface area contributed by atoms with E-state index in [0.29, 0.717) is 11.3 Å². The Kier molecular flexibility index (Phi) is 3.31. The Morgan fingerprint density at radius 1 is 1.29 bits per heavy atom. The van der Waals surface area contributed by atoms with Crippen molar-refractivity contribution in [3.05, 3.63) is 47.7 Å². The van der Waals surface area contributed by atoms with Crippen molar-refractivity contribution >= 4 is 0 Å². The summed E-state index contributed by atoms with van der Waals surface area (Å²) in [4.78, 5) is 0. The molecule has 1 aromatic heterocycles. The summed E-state index contributed by atoms with van der Waals surface area (Å²) in [5, 5.41) is 16.5. The van der Waals surface area contributed by atoms with Crippen molar-refractivity contribution in [1.82, 2.24) is 10.2 Å². The van der Waals surface area contributed by atoms with Crippen molar-refractivity contribution in [1.29, 1.82) is 5.26 Å². The third kappa shape index (κ3) is 2.40. The smallest absolute Gasteiger partial charge is 0.256 e. The van der Waals surface area contributed by atoms with Crippen LogP contribution in [0.2, 0.25) is 0 Å². The first-order valence-electron chi connectivity index (χ1n) is 5.32. The van der Waals surface area contributed by atoms with Crippen LogP contribution < -0.4 is 4.74 Å². The molecule has 0 spiro atoms. The van der Waals surface area contributed by atoms with Gasteiger partial charge in [0.05, 0.1) is 6.20 Å². The van der Waals surface area contributed by atoms with Gasteiger partial charge in [0, 0.05) is 0 Å². The highest BCUT2D eigenvalue weighted by Crippen LogP contribution is 2.25. The van der Waals surface area contributed by atoms with Crippen molar-refractivity contribution in [2.75, 3.05) is 0 Å². The normalized spacial score (nSPS) is 9.65. The average Bonchev–Trinajstić information content (AvgIpc) is 2.40. The molecule has 17 heavy (non-hydrogen) atoms. The third-order valence-corrected chi connectivity index (χ3v) is 2.37. The van der Waals surface area contributed by atoms with Crippen LogP contribution in [0.25, 0.3) is 0 Å². The molecule has 0 unspecified atom stereocenters. The van der Waals surface area contributed by atoms with E-state index in [9.17, 15) is 0 Å². The summed E-state index contributed by atoms with van der Waals surface area (Å²) < 4.78 is 5.63. The van der Waals surface area contributed by atoms with E-state index >= 15 is 0 Å². The Morgan fingerprint density at radius 2 is 2.12 bits per heavy atom. The molecule has 1 aromatic carbocycles. The molecule has 0 atom stereocenters. The minimum Gasteiger partial charge on any atom is -0.436 e. The summed E-state index contributed by atoms with van der Waals surface area (Å²) in [5.74, 6) is 0.961. The first-order valence-corrected chi connectivity index (χ1v) is 5.32.